The molecule has 0 aromatic heterocycles. The molecule has 1 N–H and O–H groups in total. The maximum Gasteiger partial charge on any atom is 0.306 e. The quantitative estimate of drug-likeness (QED) is 0.576. The molecule has 4 aliphatic rings. The van der Waals surface area contributed by atoms with Crippen LogP contribution in [0.5, 0.6) is 0 Å². The highest BCUT2D eigenvalue weighted by Crippen LogP contribution is 2.72. The van der Waals surface area contributed by atoms with Gasteiger partial charge in [-0.25, -0.2) is 13.2 Å². The summed E-state index contributed by atoms with van der Waals surface area (Å²) in [7, 11) is 0. The Morgan fingerprint density at radius 3 is 2.56 bits per heavy atom. The minimum Gasteiger partial charge on any atom is -0.449 e. The van der Waals surface area contributed by atoms with E-state index in [1.165, 1.54) is 19.1 Å². The molecule has 9 heteroatoms. The van der Waals surface area contributed by atoms with Gasteiger partial charge in [0.1, 0.15) is 12.2 Å². The van der Waals surface area contributed by atoms with Gasteiger partial charge in [0, 0.05) is 29.1 Å². The molecule has 9 atom stereocenters. The lowest BCUT2D eigenvalue weighted by Gasteiger charge is -2.63. The molecule has 0 aromatic carbocycles. The molecule has 0 aromatic rings. The average Bonchev–Trinajstić information content (AvgIpc) is 2.99. The van der Waals surface area contributed by atoms with E-state index >= 15 is 8.78 Å². The van der Waals surface area contributed by atoms with Gasteiger partial charge in [0.2, 0.25) is 5.12 Å². The van der Waals surface area contributed by atoms with Crippen LogP contribution in [0, 0.1) is 28.6 Å². The van der Waals surface area contributed by atoms with Gasteiger partial charge in [-0.15, -0.1) is 0 Å². The normalized spacial score (nSPS) is 47.4. The standard InChI is InChI=1S/C25H31F3O5S/c1-5-20(31)33-25(21(32)34-12-26)13(2)8-15-16-10-18(27)17-9-14(29)6-7-22(17,3)24(16,28)19(30)11-23(15,25)4/h6-7,9,13,15-16,18-19,30H,5,8,10-12H2,1-4H3/t13-,15+,16+,18-,19+,22+,23+,24+,25+/m1/s1. The Morgan fingerprint density at radius 1 is 1.26 bits per heavy atom. The summed E-state index contributed by atoms with van der Waals surface area (Å²) in [4.78, 5) is 37.8. The maximum absolute atomic E-state index is 17.2. The zero-order valence-electron chi connectivity index (χ0n) is 19.8. The van der Waals surface area contributed by atoms with Gasteiger partial charge in [0.25, 0.3) is 0 Å². The Bertz CT molecular complexity index is 984. The van der Waals surface area contributed by atoms with E-state index in [-0.39, 0.29) is 31.3 Å². The summed E-state index contributed by atoms with van der Waals surface area (Å²) < 4.78 is 51.8. The first-order valence-corrected chi connectivity index (χ1v) is 12.7. The van der Waals surface area contributed by atoms with E-state index in [0.717, 1.165) is 6.08 Å². The number of halogens is 3. The molecule has 34 heavy (non-hydrogen) atoms. The largest absolute Gasteiger partial charge is 0.449 e. The molecule has 0 amide bonds. The van der Waals surface area contributed by atoms with Crippen molar-refractivity contribution in [2.75, 3.05) is 6.01 Å². The number of alkyl halides is 3. The van der Waals surface area contributed by atoms with Gasteiger partial charge >= 0.3 is 5.97 Å². The Kier molecular flexibility index (Phi) is 6.16. The van der Waals surface area contributed by atoms with E-state index < -0.39 is 75.0 Å². The second-order valence-corrected chi connectivity index (χ2v) is 11.5. The number of ether oxygens (including phenoxy) is 1. The van der Waals surface area contributed by atoms with Crippen molar-refractivity contribution in [3.05, 3.63) is 23.8 Å². The first-order chi connectivity index (χ1) is 15.8. The fraction of sp³-hybridized carbons (Fsp3) is 0.720. The van der Waals surface area contributed by atoms with Gasteiger partial charge in [-0.05, 0) is 61.6 Å². The number of carbonyl (C=O) groups is 3. The molecule has 0 bridgehead atoms. The molecule has 3 fully saturated rings. The topological polar surface area (TPSA) is 80.7 Å². The van der Waals surface area contributed by atoms with Crippen LogP contribution in [0.1, 0.15) is 53.4 Å². The smallest absolute Gasteiger partial charge is 0.306 e. The highest BCUT2D eigenvalue weighted by atomic mass is 32.2. The molecule has 4 aliphatic carbocycles. The second kappa shape index (κ2) is 8.22. The number of fused-ring (bicyclic) bond motifs is 5. The van der Waals surface area contributed by atoms with Crippen molar-refractivity contribution < 1.29 is 37.4 Å². The molecular formula is C25H31F3O5S. The number of hydrogen-bond donors (Lipinski definition) is 1. The van der Waals surface area contributed by atoms with Crippen molar-refractivity contribution in [1.29, 1.82) is 0 Å². The number of aliphatic hydroxyl groups excluding tert-OH is 1. The fourth-order valence-corrected chi connectivity index (χ4v) is 8.42. The summed E-state index contributed by atoms with van der Waals surface area (Å²) in [6, 6.07) is -1.02. The van der Waals surface area contributed by atoms with E-state index in [1.807, 2.05) is 0 Å². The zero-order valence-corrected chi connectivity index (χ0v) is 20.6. The number of aliphatic hydroxyl groups is 1. The van der Waals surface area contributed by atoms with Crippen LogP contribution in [0.2, 0.25) is 0 Å². The molecule has 0 saturated heterocycles. The van der Waals surface area contributed by atoms with Gasteiger partial charge in [-0.1, -0.05) is 26.8 Å². The summed E-state index contributed by atoms with van der Waals surface area (Å²) in [5.41, 5.74) is -6.84. The number of thioether (sulfide) groups is 1. The molecule has 5 nitrogen and oxygen atoms in total. The maximum atomic E-state index is 17.2. The highest BCUT2D eigenvalue weighted by molar-refractivity contribution is 8.13. The zero-order chi connectivity index (χ0) is 25.3. The number of esters is 1. The number of rotatable bonds is 4. The van der Waals surface area contributed by atoms with E-state index in [4.69, 9.17) is 4.74 Å². The predicted molar refractivity (Wildman–Crippen MR) is 121 cm³/mol. The van der Waals surface area contributed by atoms with E-state index in [1.54, 1.807) is 20.8 Å². The van der Waals surface area contributed by atoms with Gasteiger partial charge in [-0.2, -0.15) is 0 Å². The van der Waals surface area contributed by atoms with Crippen LogP contribution in [0.3, 0.4) is 0 Å². The molecular weight excluding hydrogens is 469 g/mol. The second-order valence-electron chi connectivity index (χ2n) is 10.6. The lowest BCUT2D eigenvalue weighted by atomic mass is 9.44. The summed E-state index contributed by atoms with van der Waals surface area (Å²) in [5, 5.41) is 10.7. The third-order valence-corrected chi connectivity index (χ3v) is 9.90. The Hall–Kier alpha value is -1.61. The van der Waals surface area contributed by atoms with Gasteiger partial charge in [0.05, 0.1) is 6.10 Å². The van der Waals surface area contributed by atoms with Crippen molar-refractivity contribution in [3.8, 4) is 0 Å². The van der Waals surface area contributed by atoms with Crippen LogP contribution in [0.15, 0.2) is 23.8 Å². The molecule has 0 radical (unpaired) electrons. The average molecular weight is 501 g/mol. The van der Waals surface area contributed by atoms with E-state index in [0.29, 0.717) is 11.8 Å². The molecule has 0 aliphatic heterocycles. The third kappa shape index (κ3) is 3.01. The minimum atomic E-state index is -2.30. The molecule has 3 saturated carbocycles. The number of carbonyl (C=O) groups excluding carboxylic acids is 3. The van der Waals surface area contributed by atoms with Crippen molar-refractivity contribution in [2.45, 2.75) is 76.9 Å². The van der Waals surface area contributed by atoms with Crippen LogP contribution >= 0.6 is 11.8 Å². The summed E-state index contributed by atoms with van der Waals surface area (Å²) in [6.45, 7) is 6.45. The van der Waals surface area contributed by atoms with Crippen LogP contribution in [-0.4, -0.2) is 51.5 Å². The summed E-state index contributed by atoms with van der Waals surface area (Å²) >= 11 is 0.396. The number of hydrogen-bond acceptors (Lipinski definition) is 6. The van der Waals surface area contributed by atoms with Gasteiger partial charge in [0.15, 0.2) is 17.1 Å². The molecule has 188 valence electrons. The van der Waals surface area contributed by atoms with E-state index in [9.17, 15) is 23.9 Å². The van der Waals surface area contributed by atoms with Crippen LogP contribution < -0.4 is 0 Å². The molecule has 0 heterocycles. The van der Waals surface area contributed by atoms with Crippen LogP contribution in [0.25, 0.3) is 0 Å². The highest BCUT2D eigenvalue weighted by Gasteiger charge is 2.78. The molecule has 4 rings (SSSR count). The number of ketones is 1. The summed E-state index contributed by atoms with van der Waals surface area (Å²) in [5.74, 6) is -3.30. The lowest BCUT2D eigenvalue weighted by Crippen LogP contribution is -2.70. The minimum absolute atomic E-state index is 0.0141. The summed E-state index contributed by atoms with van der Waals surface area (Å²) in [6.07, 6.45) is 0.160. The Balaban J connectivity index is 1.87. The number of allylic oxidation sites excluding steroid dienone is 4. The van der Waals surface area contributed by atoms with Crippen molar-refractivity contribution in [3.63, 3.8) is 0 Å². The SMILES string of the molecule is CCC(=O)O[C@]1(C(=O)SCF)[C@H](C)C[C@H]2[C@@H]3C[C@@H](F)C4=CC(=O)C=C[C@]4(C)[C@@]3(F)[C@@H](O)C[C@@]21C. The first kappa shape index (κ1) is 25.5. The Labute approximate surface area is 201 Å². The predicted octanol–water partition coefficient (Wildman–Crippen LogP) is 4.43. The van der Waals surface area contributed by atoms with Crippen molar-refractivity contribution in [2.24, 2.45) is 28.6 Å². The monoisotopic (exact) mass is 500 g/mol. The lowest BCUT2D eigenvalue weighted by molar-refractivity contribution is -0.228. The third-order valence-electron chi connectivity index (χ3n) is 9.22. The van der Waals surface area contributed by atoms with Gasteiger partial charge in [-0.3, -0.25) is 14.4 Å². The Morgan fingerprint density at radius 2 is 1.94 bits per heavy atom. The molecule has 0 spiro atoms. The van der Waals surface area contributed by atoms with Crippen LogP contribution in [-0.2, 0) is 19.1 Å². The van der Waals surface area contributed by atoms with Gasteiger partial charge < -0.3 is 9.84 Å². The van der Waals surface area contributed by atoms with Crippen molar-refractivity contribution >= 4 is 28.6 Å². The van der Waals surface area contributed by atoms with Crippen LogP contribution in [0.4, 0.5) is 13.2 Å². The molecule has 0 unspecified atom stereocenters. The fourth-order valence-electron chi connectivity index (χ4n) is 7.63. The first-order valence-electron chi connectivity index (χ1n) is 11.7. The van der Waals surface area contributed by atoms with Crippen molar-refractivity contribution in [1.82, 2.24) is 0 Å². The van der Waals surface area contributed by atoms with E-state index in [2.05, 4.69) is 0 Å².